The molecule has 3 N–H and O–H groups in total. The van der Waals surface area contributed by atoms with Gasteiger partial charge < -0.3 is 11.1 Å². The van der Waals surface area contributed by atoms with Crippen LogP contribution in [-0.2, 0) is 0 Å². The highest BCUT2D eigenvalue weighted by Crippen LogP contribution is 2.30. The van der Waals surface area contributed by atoms with E-state index in [1.165, 1.54) is 6.07 Å². The highest BCUT2D eigenvalue weighted by molar-refractivity contribution is 6.01. The van der Waals surface area contributed by atoms with E-state index in [1.807, 2.05) is 25.1 Å². The molecule has 0 saturated carbocycles. The van der Waals surface area contributed by atoms with Gasteiger partial charge in [-0.3, -0.25) is 4.98 Å². The summed E-state index contributed by atoms with van der Waals surface area (Å²) in [7, 11) is 0. The first-order valence-electron chi connectivity index (χ1n) is 6.30. The predicted molar refractivity (Wildman–Crippen MR) is 80.6 cm³/mol. The second kappa shape index (κ2) is 4.81. The number of aromatic nitrogens is 1. The van der Waals surface area contributed by atoms with Crippen LogP contribution in [0.1, 0.15) is 5.56 Å². The molecule has 0 spiro atoms. The van der Waals surface area contributed by atoms with Crippen LogP contribution >= 0.6 is 0 Å². The summed E-state index contributed by atoms with van der Waals surface area (Å²) in [6.45, 7) is 1.86. The van der Waals surface area contributed by atoms with Crippen molar-refractivity contribution in [1.29, 1.82) is 0 Å². The van der Waals surface area contributed by atoms with E-state index in [-0.39, 0.29) is 5.82 Å². The number of aryl methyl sites for hydroxylation is 1. The van der Waals surface area contributed by atoms with Crippen molar-refractivity contribution >= 4 is 27.8 Å². The standard InChI is InChI=1S/C16H14FN3/c1-10-2-4-16(13(17)8-10)20-15-5-3-14(18)11-6-7-19-9-12(11)15/h2-9,20H,18H2,1H3. The van der Waals surface area contributed by atoms with Crippen LogP contribution in [0.25, 0.3) is 10.8 Å². The van der Waals surface area contributed by atoms with E-state index in [1.54, 1.807) is 24.5 Å². The second-order valence-corrected chi connectivity index (χ2v) is 4.73. The van der Waals surface area contributed by atoms with Crippen molar-refractivity contribution in [2.24, 2.45) is 0 Å². The third-order valence-electron chi connectivity index (χ3n) is 3.25. The SMILES string of the molecule is Cc1ccc(Nc2ccc(N)c3ccncc23)c(F)c1. The Morgan fingerprint density at radius 2 is 1.85 bits per heavy atom. The lowest BCUT2D eigenvalue weighted by Gasteiger charge is -2.12. The number of hydrogen-bond acceptors (Lipinski definition) is 3. The third-order valence-corrected chi connectivity index (χ3v) is 3.25. The Balaban J connectivity index is 2.09. The van der Waals surface area contributed by atoms with Crippen molar-refractivity contribution in [2.75, 3.05) is 11.1 Å². The fraction of sp³-hybridized carbons (Fsp3) is 0.0625. The van der Waals surface area contributed by atoms with Gasteiger partial charge in [-0.2, -0.15) is 0 Å². The Labute approximate surface area is 116 Å². The molecule has 3 aromatic rings. The number of halogens is 1. The van der Waals surface area contributed by atoms with Crippen molar-refractivity contribution in [3.05, 3.63) is 60.2 Å². The molecule has 0 atom stereocenters. The van der Waals surface area contributed by atoms with E-state index in [4.69, 9.17) is 5.73 Å². The number of nitrogens with zero attached hydrogens (tertiary/aromatic N) is 1. The molecule has 0 saturated heterocycles. The molecule has 0 amide bonds. The molecule has 2 aromatic carbocycles. The Kier molecular flexibility index (Phi) is 2.99. The van der Waals surface area contributed by atoms with Crippen LogP contribution in [0.5, 0.6) is 0 Å². The molecule has 4 heteroatoms. The molecule has 0 aliphatic carbocycles. The third kappa shape index (κ3) is 2.16. The van der Waals surface area contributed by atoms with Gasteiger partial charge in [0.2, 0.25) is 0 Å². The van der Waals surface area contributed by atoms with Crippen LogP contribution in [-0.4, -0.2) is 4.98 Å². The molecule has 0 fully saturated rings. The smallest absolute Gasteiger partial charge is 0.146 e. The summed E-state index contributed by atoms with van der Waals surface area (Å²) < 4.78 is 13.9. The fourth-order valence-corrected chi connectivity index (χ4v) is 2.19. The van der Waals surface area contributed by atoms with E-state index in [2.05, 4.69) is 10.3 Å². The topological polar surface area (TPSA) is 50.9 Å². The first-order valence-corrected chi connectivity index (χ1v) is 6.30. The predicted octanol–water partition coefficient (Wildman–Crippen LogP) is 4.01. The van der Waals surface area contributed by atoms with E-state index in [0.29, 0.717) is 11.4 Å². The van der Waals surface area contributed by atoms with Gasteiger partial charge in [0.05, 0.1) is 5.69 Å². The highest BCUT2D eigenvalue weighted by Gasteiger charge is 2.07. The average molecular weight is 267 g/mol. The minimum Gasteiger partial charge on any atom is -0.398 e. The zero-order valence-corrected chi connectivity index (χ0v) is 11.0. The Bertz CT molecular complexity index is 784. The van der Waals surface area contributed by atoms with Crippen molar-refractivity contribution in [3.8, 4) is 0 Å². The first-order chi connectivity index (χ1) is 9.65. The first kappa shape index (κ1) is 12.4. The summed E-state index contributed by atoms with van der Waals surface area (Å²) in [5, 5.41) is 4.87. The summed E-state index contributed by atoms with van der Waals surface area (Å²) in [5.74, 6) is -0.279. The number of anilines is 3. The van der Waals surface area contributed by atoms with Crippen LogP contribution in [0.15, 0.2) is 48.8 Å². The molecule has 0 aliphatic rings. The van der Waals surface area contributed by atoms with E-state index in [0.717, 1.165) is 22.0 Å². The van der Waals surface area contributed by atoms with Gasteiger partial charge in [0.25, 0.3) is 0 Å². The van der Waals surface area contributed by atoms with E-state index < -0.39 is 0 Å². The van der Waals surface area contributed by atoms with Crippen molar-refractivity contribution in [2.45, 2.75) is 6.92 Å². The molecule has 0 radical (unpaired) electrons. The summed E-state index contributed by atoms with van der Waals surface area (Å²) in [6.07, 6.45) is 3.41. The van der Waals surface area contributed by atoms with Crippen molar-refractivity contribution in [1.82, 2.24) is 4.98 Å². The summed E-state index contributed by atoms with van der Waals surface area (Å²) in [4.78, 5) is 4.10. The molecule has 1 aromatic heterocycles. The minimum atomic E-state index is -0.279. The van der Waals surface area contributed by atoms with Gasteiger partial charge in [-0.1, -0.05) is 6.07 Å². The Morgan fingerprint density at radius 3 is 2.65 bits per heavy atom. The molecule has 3 nitrogen and oxygen atoms in total. The van der Waals surface area contributed by atoms with Crippen LogP contribution in [0.3, 0.4) is 0 Å². The lowest BCUT2D eigenvalue weighted by atomic mass is 10.1. The summed E-state index contributed by atoms with van der Waals surface area (Å²) in [6, 6.07) is 10.6. The van der Waals surface area contributed by atoms with Gasteiger partial charge in [0.15, 0.2) is 0 Å². The maximum absolute atomic E-state index is 13.9. The highest BCUT2D eigenvalue weighted by atomic mass is 19.1. The lowest BCUT2D eigenvalue weighted by Crippen LogP contribution is -1.97. The van der Waals surface area contributed by atoms with Crippen LogP contribution in [0.4, 0.5) is 21.5 Å². The molecular weight excluding hydrogens is 253 g/mol. The van der Waals surface area contributed by atoms with Crippen molar-refractivity contribution < 1.29 is 4.39 Å². The number of rotatable bonds is 2. The number of benzene rings is 2. The Morgan fingerprint density at radius 1 is 1.05 bits per heavy atom. The quantitative estimate of drug-likeness (QED) is 0.690. The van der Waals surface area contributed by atoms with Gasteiger partial charge >= 0.3 is 0 Å². The van der Waals surface area contributed by atoms with Crippen molar-refractivity contribution in [3.63, 3.8) is 0 Å². The molecule has 20 heavy (non-hydrogen) atoms. The monoisotopic (exact) mass is 267 g/mol. The average Bonchev–Trinajstić information content (AvgIpc) is 2.45. The Hall–Kier alpha value is -2.62. The summed E-state index contributed by atoms with van der Waals surface area (Å²) >= 11 is 0. The normalized spacial score (nSPS) is 10.7. The number of nitrogen functional groups attached to an aromatic ring is 1. The number of hydrogen-bond donors (Lipinski definition) is 2. The van der Waals surface area contributed by atoms with Crippen LogP contribution < -0.4 is 11.1 Å². The molecule has 100 valence electrons. The maximum Gasteiger partial charge on any atom is 0.146 e. The van der Waals surface area contributed by atoms with E-state index in [9.17, 15) is 4.39 Å². The van der Waals surface area contributed by atoms with Gasteiger partial charge in [-0.15, -0.1) is 0 Å². The number of pyridine rings is 1. The van der Waals surface area contributed by atoms with Gasteiger partial charge in [0.1, 0.15) is 5.82 Å². The molecule has 0 unspecified atom stereocenters. The zero-order valence-electron chi connectivity index (χ0n) is 11.0. The number of nitrogens with one attached hydrogen (secondary N) is 1. The van der Waals surface area contributed by atoms with Crippen LogP contribution in [0, 0.1) is 12.7 Å². The van der Waals surface area contributed by atoms with Gasteiger partial charge in [0, 0.05) is 34.5 Å². The largest absolute Gasteiger partial charge is 0.398 e. The molecule has 1 heterocycles. The van der Waals surface area contributed by atoms with Gasteiger partial charge in [-0.05, 0) is 42.8 Å². The fourth-order valence-electron chi connectivity index (χ4n) is 2.19. The maximum atomic E-state index is 13.9. The lowest BCUT2D eigenvalue weighted by molar-refractivity contribution is 0.631. The number of nitrogens with two attached hydrogens (primary N) is 1. The molecular formula is C16H14FN3. The number of fused-ring (bicyclic) bond motifs is 1. The summed E-state index contributed by atoms with van der Waals surface area (Å²) in [5.41, 5.74) is 8.72. The van der Waals surface area contributed by atoms with Crippen LogP contribution in [0.2, 0.25) is 0 Å². The van der Waals surface area contributed by atoms with Gasteiger partial charge in [-0.25, -0.2) is 4.39 Å². The van der Waals surface area contributed by atoms with E-state index >= 15 is 0 Å². The molecule has 0 aliphatic heterocycles. The zero-order chi connectivity index (χ0) is 14.1. The second-order valence-electron chi connectivity index (χ2n) is 4.73. The minimum absolute atomic E-state index is 0.279. The molecule has 0 bridgehead atoms. The molecule has 3 rings (SSSR count).